The Bertz CT molecular complexity index is 316. The van der Waals surface area contributed by atoms with Gasteiger partial charge in [-0.05, 0) is 37.8 Å². The monoisotopic (exact) mass is 209 g/mol. The van der Waals surface area contributed by atoms with Gasteiger partial charge >= 0.3 is 5.97 Å². The van der Waals surface area contributed by atoms with Crippen LogP contribution in [-0.4, -0.2) is 15.6 Å². The first-order chi connectivity index (χ1) is 6.97. The highest BCUT2D eigenvalue weighted by atomic mass is 16.4. The van der Waals surface area contributed by atoms with Gasteiger partial charge in [0.05, 0.1) is 0 Å². The predicted molar refractivity (Wildman–Crippen MR) is 59.8 cm³/mol. The van der Waals surface area contributed by atoms with Gasteiger partial charge in [0.1, 0.15) is 5.54 Å². The highest BCUT2D eigenvalue weighted by Gasteiger charge is 2.33. The molecule has 1 atom stereocenters. The molecule has 0 aromatic carbocycles. The minimum absolute atomic E-state index is 0.527. The van der Waals surface area contributed by atoms with Gasteiger partial charge in [0, 0.05) is 12.4 Å². The number of nitrogens with zero attached hydrogens (tertiary/aromatic N) is 1. The molecular formula is C12H19NO2. The summed E-state index contributed by atoms with van der Waals surface area (Å²) in [6.07, 6.45) is 5.21. The van der Waals surface area contributed by atoms with Crippen LogP contribution in [-0.2, 0) is 10.3 Å². The van der Waals surface area contributed by atoms with Crippen molar-refractivity contribution in [2.75, 3.05) is 0 Å². The molecule has 0 saturated carbocycles. The number of hydrogen-bond donors (Lipinski definition) is 1. The van der Waals surface area contributed by atoms with Gasteiger partial charge in [-0.25, -0.2) is 4.79 Å². The molecule has 1 aromatic heterocycles. The number of carboxylic acid groups (broad SMARTS) is 1. The Morgan fingerprint density at radius 3 is 2.33 bits per heavy atom. The van der Waals surface area contributed by atoms with E-state index in [0.717, 1.165) is 6.42 Å². The standard InChI is InChI=1S/C12H19NO2/c1-10(2)6-7-12(3,11(14)15)13-8-4-5-9-13/h4-5,8-10H,6-7H2,1-3H3,(H,14,15). The fourth-order valence-electron chi connectivity index (χ4n) is 1.58. The van der Waals surface area contributed by atoms with E-state index in [0.29, 0.717) is 12.3 Å². The van der Waals surface area contributed by atoms with Crippen molar-refractivity contribution < 1.29 is 9.90 Å². The second-order valence-corrected chi connectivity index (χ2v) is 4.60. The Morgan fingerprint density at radius 1 is 1.40 bits per heavy atom. The third-order valence-corrected chi connectivity index (χ3v) is 2.84. The summed E-state index contributed by atoms with van der Waals surface area (Å²) in [7, 11) is 0. The highest BCUT2D eigenvalue weighted by molar-refractivity contribution is 5.76. The van der Waals surface area contributed by atoms with Crippen molar-refractivity contribution in [3.63, 3.8) is 0 Å². The molecule has 0 aliphatic rings. The molecule has 0 spiro atoms. The van der Waals surface area contributed by atoms with Crippen molar-refractivity contribution >= 4 is 5.97 Å². The van der Waals surface area contributed by atoms with Crippen LogP contribution in [0, 0.1) is 5.92 Å². The molecule has 1 rings (SSSR count). The zero-order valence-corrected chi connectivity index (χ0v) is 9.60. The van der Waals surface area contributed by atoms with E-state index in [1.54, 1.807) is 11.5 Å². The fraction of sp³-hybridized carbons (Fsp3) is 0.583. The molecule has 0 radical (unpaired) electrons. The van der Waals surface area contributed by atoms with E-state index in [4.69, 9.17) is 0 Å². The zero-order chi connectivity index (χ0) is 11.5. The summed E-state index contributed by atoms with van der Waals surface area (Å²) >= 11 is 0. The summed E-state index contributed by atoms with van der Waals surface area (Å²) in [5.41, 5.74) is -0.812. The quantitative estimate of drug-likeness (QED) is 0.810. The van der Waals surface area contributed by atoms with E-state index < -0.39 is 11.5 Å². The third-order valence-electron chi connectivity index (χ3n) is 2.84. The number of hydrogen-bond acceptors (Lipinski definition) is 1. The molecule has 0 bridgehead atoms. The van der Waals surface area contributed by atoms with Crippen molar-refractivity contribution in [1.82, 2.24) is 4.57 Å². The second kappa shape index (κ2) is 4.51. The van der Waals surface area contributed by atoms with Crippen LogP contribution in [0.15, 0.2) is 24.5 Å². The van der Waals surface area contributed by atoms with Crippen LogP contribution in [0.3, 0.4) is 0 Å². The van der Waals surface area contributed by atoms with E-state index in [9.17, 15) is 9.90 Å². The van der Waals surface area contributed by atoms with Crippen molar-refractivity contribution in [3.8, 4) is 0 Å². The Hall–Kier alpha value is -1.25. The SMILES string of the molecule is CC(C)CCC(C)(C(=O)O)n1cccc1. The normalized spacial score (nSPS) is 15.2. The van der Waals surface area contributed by atoms with Gasteiger partial charge in [-0.1, -0.05) is 13.8 Å². The van der Waals surface area contributed by atoms with Crippen molar-refractivity contribution in [2.45, 2.75) is 39.2 Å². The first-order valence-electron chi connectivity index (χ1n) is 5.33. The average Bonchev–Trinajstić information content (AvgIpc) is 2.66. The van der Waals surface area contributed by atoms with E-state index in [-0.39, 0.29) is 0 Å². The van der Waals surface area contributed by atoms with Crippen LogP contribution < -0.4 is 0 Å². The Balaban J connectivity index is 2.85. The average molecular weight is 209 g/mol. The van der Waals surface area contributed by atoms with E-state index >= 15 is 0 Å². The fourth-order valence-corrected chi connectivity index (χ4v) is 1.58. The number of carboxylic acids is 1. The molecule has 0 aliphatic heterocycles. The molecule has 3 nitrogen and oxygen atoms in total. The molecule has 84 valence electrons. The molecule has 1 aromatic rings. The smallest absolute Gasteiger partial charge is 0.329 e. The first kappa shape index (κ1) is 11.8. The molecule has 15 heavy (non-hydrogen) atoms. The highest BCUT2D eigenvalue weighted by Crippen LogP contribution is 2.25. The zero-order valence-electron chi connectivity index (χ0n) is 9.60. The van der Waals surface area contributed by atoms with Crippen LogP contribution in [0.5, 0.6) is 0 Å². The lowest BCUT2D eigenvalue weighted by Gasteiger charge is -2.27. The lowest BCUT2D eigenvalue weighted by molar-refractivity contribution is -0.147. The van der Waals surface area contributed by atoms with Crippen molar-refractivity contribution in [1.29, 1.82) is 0 Å². The molecule has 0 amide bonds. The third kappa shape index (κ3) is 2.61. The Labute approximate surface area is 90.7 Å². The molecule has 1 heterocycles. The van der Waals surface area contributed by atoms with Crippen LogP contribution in [0.25, 0.3) is 0 Å². The van der Waals surface area contributed by atoms with Gasteiger partial charge in [-0.3, -0.25) is 0 Å². The number of aliphatic carboxylic acids is 1. The summed E-state index contributed by atoms with van der Waals surface area (Å²) in [4.78, 5) is 11.3. The summed E-state index contributed by atoms with van der Waals surface area (Å²) in [5.74, 6) is -0.237. The van der Waals surface area contributed by atoms with E-state index in [1.165, 1.54) is 0 Å². The van der Waals surface area contributed by atoms with Gasteiger partial charge in [0.15, 0.2) is 0 Å². The minimum atomic E-state index is -0.812. The molecular weight excluding hydrogens is 190 g/mol. The van der Waals surface area contributed by atoms with Gasteiger partial charge in [-0.15, -0.1) is 0 Å². The van der Waals surface area contributed by atoms with Crippen molar-refractivity contribution in [3.05, 3.63) is 24.5 Å². The van der Waals surface area contributed by atoms with E-state index in [2.05, 4.69) is 13.8 Å². The number of rotatable bonds is 5. The second-order valence-electron chi connectivity index (χ2n) is 4.60. The maximum absolute atomic E-state index is 11.3. The largest absolute Gasteiger partial charge is 0.479 e. The van der Waals surface area contributed by atoms with Gasteiger partial charge in [-0.2, -0.15) is 0 Å². The molecule has 1 unspecified atom stereocenters. The van der Waals surface area contributed by atoms with Crippen molar-refractivity contribution in [2.24, 2.45) is 5.92 Å². The summed E-state index contributed by atoms with van der Waals surface area (Å²) in [5, 5.41) is 9.30. The Morgan fingerprint density at radius 2 is 1.93 bits per heavy atom. The summed E-state index contributed by atoms with van der Waals surface area (Å²) in [6, 6.07) is 3.72. The molecule has 0 aliphatic carbocycles. The molecule has 3 heteroatoms. The minimum Gasteiger partial charge on any atom is -0.479 e. The maximum atomic E-state index is 11.3. The summed E-state index contributed by atoms with van der Waals surface area (Å²) < 4.78 is 1.78. The lowest BCUT2D eigenvalue weighted by Crippen LogP contribution is -2.38. The van der Waals surface area contributed by atoms with Crippen LogP contribution >= 0.6 is 0 Å². The number of aromatic nitrogens is 1. The maximum Gasteiger partial charge on any atom is 0.329 e. The number of carbonyl (C=O) groups is 1. The molecule has 0 fully saturated rings. The Kier molecular flexibility index (Phi) is 3.56. The summed E-state index contributed by atoms with van der Waals surface area (Å²) in [6.45, 7) is 5.99. The topological polar surface area (TPSA) is 42.2 Å². The van der Waals surface area contributed by atoms with Crippen LogP contribution in [0.1, 0.15) is 33.6 Å². The van der Waals surface area contributed by atoms with E-state index in [1.807, 2.05) is 24.5 Å². The van der Waals surface area contributed by atoms with Gasteiger partial charge in [0.2, 0.25) is 0 Å². The molecule has 0 saturated heterocycles. The predicted octanol–water partition coefficient (Wildman–Crippen LogP) is 2.72. The lowest BCUT2D eigenvalue weighted by atomic mass is 9.92. The first-order valence-corrected chi connectivity index (χ1v) is 5.33. The molecule has 1 N–H and O–H groups in total. The van der Waals surface area contributed by atoms with Gasteiger partial charge in [0.25, 0.3) is 0 Å². The van der Waals surface area contributed by atoms with Crippen LogP contribution in [0.4, 0.5) is 0 Å². The van der Waals surface area contributed by atoms with Gasteiger partial charge < -0.3 is 9.67 Å². The van der Waals surface area contributed by atoms with Crippen LogP contribution in [0.2, 0.25) is 0 Å².